The summed E-state index contributed by atoms with van der Waals surface area (Å²) >= 11 is 0. The van der Waals surface area contributed by atoms with E-state index in [1.165, 1.54) is 0 Å². The molecule has 1 saturated heterocycles. The van der Waals surface area contributed by atoms with E-state index in [1.807, 2.05) is 5.32 Å². The molecular formula is C17H22N2O6. The number of ether oxygens (including phenoxy) is 3. The quantitative estimate of drug-likeness (QED) is 0.718. The molecule has 1 fully saturated rings. The van der Waals surface area contributed by atoms with Crippen LogP contribution in [0.15, 0.2) is 24.3 Å². The van der Waals surface area contributed by atoms with E-state index >= 15 is 0 Å². The van der Waals surface area contributed by atoms with Crippen LogP contribution >= 0.6 is 0 Å². The SMILES string of the molecule is CCNC(=O)NC(=O)COC(=O)c1ccc(OC[C@H]2CCCO2)cc1. The minimum absolute atomic E-state index is 0.119. The number of carbonyl (C=O) groups excluding carboxylic acids is 3. The summed E-state index contributed by atoms with van der Waals surface area (Å²) in [5, 5.41) is 4.44. The maximum absolute atomic E-state index is 11.9. The monoisotopic (exact) mass is 350 g/mol. The molecule has 1 aliphatic rings. The second kappa shape index (κ2) is 9.63. The molecule has 0 radical (unpaired) electrons. The molecule has 1 atom stereocenters. The number of rotatable bonds is 7. The number of benzene rings is 1. The molecule has 0 aromatic heterocycles. The first-order valence-corrected chi connectivity index (χ1v) is 8.17. The van der Waals surface area contributed by atoms with Crippen LogP contribution in [0.4, 0.5) is 4.79 Å². The van der Waals surface area contributed by atoms with Gasteiger partial charge >= 0.3 is 12.0 Å². The molecule has 1 heterocycles. The van der Waals surface area contributed by atoms with E-state index in [9.17, 15) is 14.4 Å². The summed E-state index contributed by atoms with van der Waals surface area (Å²) in [6.07, 6.45) is 2.16. The third-order valence-electron chi connectivity index (χ3n) is 3.47. The zero-order valence-corrected chi connectivity index (χ0v) is 14.1. The van der Waals surface area contributed by atoms with Crippen LogP contribution < -0.4 is 15.4 Å². The predicted octanol–water partition coefficient (Wildman–Crippen LogP) is 1.25. The number of urea groups is 1. The Morgan fingerprint density at radius 3 is 2.64 bits per heavy atom. The lowest BCUT2D eigenvalue weighted by molar-refractivity contribution is -0.123. The summed E-state index contributed by atoms with van der Waals surface area (Å²) in [7, 11) is 0. The molecule has 0 unspecified atom stereocenters. The average Bonchev–Trinajstić information content (AvgIpc) is 3.12. The minimum Gasteiger partial charge on any atom is -0.491 e. The van der Waals surface area contributed by atoms with Gasteiger partial charge in [0.15, 0.2) is 6.61 Å². The van der Waals surface area contributed by atoms with Crippen molar-refractivity contribution in [3.8, 4) is 5.75 Å². The van der Waals surface area contributed by atoms with E-state index in [1.54, 1.807) is 31.2 Å². The van der Waals surface area contributed by atoms with Crippen molar-refractivity contribution in [1.82, 2.24) is 10.6 Å². The van der Waals surface area contributed by atoms with Crippen molar-refractivity contribution < 1.29 is 28.6 Å². The molecule has 0 spiro atoms. The van der Waals surface area contributed by atoms with E-state index in [4.69, 9.17) is 14.2 Å². The molecule has 1 aliphatic heterocycles. The van der Waals surface area contributed by atoms with Gasteiger partial charge in [0.1, 0.15) is 12.4 Å². The average molecular weight is 350 g/mol. The van der Waals surface area contributed by atoms with Crippen LogP contribution in [0.2, 0.25) is 0 Å². The third-order valence-corrected chi connectivity index (χ3v) is 3.47. The lowest BCUT2D eigenvalue weighted by Gasteiger charge is -2.11. The van der Waals surface area contributed by atoms with Crippen LogP contribution in [-0.4, -0.2) is 50.4 Å². The maximum atomic E-state index is 11.9. The van der Waals surface area contributed by atoms with Gasteiger partial charge in [0.25, 0.3) is 5.91 Å². The Labute approximate surface area is 145 Å². The van der Waals surface area contributed by atoms with Crippen LogP contribution in [0.1, 0.15) is 30.1 Å². The molecule has 8 nitrogen and oxygen atoms in total. The third kappa shape index (κ3) is 6.42. The van der Waals surface area contributed by atoms with E-state index < -0.39 is 24.5 Å². The number of nitrogens with one attached hydrogen (secondary N) is 2. The van der Waals surface area contributed by atoms with Gasteiger partial charge in [0, 0.05) is 13.2 Å². The maximum Gasteiger partial charge on any atom is 0.338 e. The smallest absolute Gasteiger partial charge is 0.338 e. The second-order valence-electron chi connectivity index (χ2n) is 5.45. The minimum atomic E-state index is -0.698. The first kappa shape index (κ1) is 18.7. The van der Waals surface area contributed by atoms with Gasteiger partial charge in [-0.2, -0.15) is 0 Å². The van der Waals surface area contributed by atoms with Gasteiger partial charge < -0.3 is 19.5 Å². The molecule has 2 N–H and O–H groups in total. The Balaban J connectivity index is 1.73. The summed E-state index contributed by atoms with van der Waals surface area (Å²) in [6.45, 7) is 2.82. The van der Waals surface area contributed by atoms with E-state index in [2.05, 4.69) is 5.32 Å². The number of hydrogen-bond donors (Lipinski definition) is 2. The Morgan fingerprint density at radius 1 is 1.24 bits per heavy atom. The Hall–Kier alpha value is -2.61. The summed E-state index contributed by atoms with van der Waals surface area (Å²) in [4.78, 5) is 34.5. The van der Waals surface area contributed by atoms with Crippen molar-refractivity contribution in [2.45, 2.75) is 25.9 Å². The highest BCUT2D eigenvalue weighted by molar-refractivity contribution is 5.97. The summed E-state index contributed by atoms with van der Waals surface area (Å²) in [5.41, 5.74) is 0.287. The fourth-order valence-electron chi connectivity index (χ4n) is 2.23. The second-order valence-corrected chi connectivity index (χ2v) is 5.45. The molecule has 136 valence electrons. The van der Waals surface area contributed by atoms with Crippen LogP contribution in [0.25, 0.3) is 0 Å². The normalized spacial score (nSPS) is 16.1. The fraction of sp³-hybridized carbons (Fsp3) is 0.471. The first-order valence-electron chi connectivity index (χ1n) is 8.17. The van der Waals surface area contributed by atoms with Crippen molar-refractivity contribution in [2.24, 2.45) is 0 Å². The molecule has 0 saturated carbocycles. The zero-order valence-electron chi connectivity index (χ0n) is 14.1. The predicted molar refractivity (Wildman–Crippen MR) is 88.4 cm³/mol. The van der Waals surface area contributed by atoms with Crippen molar-refractivity contribution >= 4 is 17.9 Å². The highest BCUT2D eigenvalue weighted by Crippen LogP contribution is 2.17. The molecule has 1 aromatic carbocycles. The Kier molecular flexibility index (Phi) is 7.21. The highest BCUT2D eigenvalue weighted by atomic mass is 16.5. The Morgan fingerprint density at radius 2 is 2.00 bits per heavy atom. The first-order chi connectivity index (χ1) is 12.1. The molecule has 0 bridgehead atoms. The van der Waals surface area contributed by atoms with Crippen molar-refractivity contribution in [3.05, 3.63) is 29.8 Å². The molecule has 0 aliphatic carbocycles. The lowest BCUT2D eigenvalue weighted by atomic mass is 10.2. The van der Waals surface area contributed by atoms with Crippen LogP contribution in [0.5, 0.6) is 5.75 Å². The highest BCUT2D eigenvalue weighted by Gasteiger charge is 2.16. The molecular weight excluding hydrogens is 328 g/mol. The number of hydrogen-bond acceptors (Lipinski definition) is 6. The number of amides is 3. The molecule has 3 amide bonds. The van der Waals surface area contributed by atoms with Gasteiger partial charge in [-0.3, -0.25) is 10.1 Å². The van der Waals surface area contributed by atoms with Gasteiger partial charge in [-0.15, -0.1) is 0 Å². The van der Waals surface area contributed by atoms with Crippen molar-refractivity contribution in [1.29, 1.82) is 0 Å². The van der Waals surface area contributed by atoms with Gasteiger partial charge in [0.2, 0.25) is 0 Å². The molecule has 25 heavy (non-hydrogen) atoms. The van der Waals surface area contributed by atoms with E-state index in [-0.39, 0.29) is 11.7 Å². The van der Waals surface area contributed by atoms with Gasteiger partial charge in [0.05, 0.1) is 11.7 Å². The molecule has 2 rings (SSSR count). The molecule has 8 heteroatoms. The van der Waals surface area contributed by atoms with E-state index in [0.29, 0.717) is 18.9 Å². The standard InChI is InChI=1S/C17H22N2O6/c1-2-18-17(22)19-15(20)11-25-16(21)12-5-7-13(8-6-12)24-10-14-4-3-9-23-14/h5-8,14H,2-4,9-11H2,1H3,(H2,18,19,20,22)/t14-/m1/s1. The van der Waals surface area contributed by atoms with E-state index in [0.717, 1.165) is 19.4 Å². The molecule has 1 aromatic rings. The van der Waals surface area contributed by atoms with Crippen molar-refractivity contribution in [3.63, 3.8) is 0 Å². The summed E-state index contributed by atoms with van der Waals surface area (Å²) < 4.78 is 15.9. The zero-order chi connectivity index (χ0) is 18.1. The van der Waals surface area contributed by atoms with Crippen molar-refractivity contribution in [2.75, 3.05) is 26.4 Å². The largest absolute Gasteiger partial charge is 0.491 e. The number of esters is 1. The Bertz CT molecular complexity index is 596. The van der Waals surface area contributed by atoms with Crippen LogP contribution in [0, 0.1) is 0 Å². The summed E-state index contributed by atoms with van der Waals surface area (Å²) in [5.74, 6) is -0.728. The van der Waals surface area contributed by atoms with Gasteiger partial charge in [-0.25, -0.2) is 9.59 Å². The van der Waals surface area contributed by atoms with Crippen LogP contribution in [-0.2, 0) is 14.3 Å². The van der Waals surface area contributed by atoms with Gasteiger partial charge in [-0.1, -0.05) is 0 Å². The summed E-state index contributed by atoms with van der Waals surface area (Å²) in [6, 6.07) is 5.78. The van der Waals surface area contributed by atoms with Gasteiger partial charge in [-0.05, 0) is 44.0 Å². The topological polar surface area (TPSA) is 103 Å². The number of carbonyl (C=O) groups is 3. The lowest BCUT2D eigenvalue weighted by Crippen LogP contribution is -2.41. The van der Waals surface area contributed by atoms with Crippen LogP contribution in [0.3, 0.4) is 0 Å². The fourth-order valence-corrected chi connectivity index (χ4v) is 2.23. The number of imide groups is 1.